The maximum Gasteiger partial charge on any atom is 0.123 e. The van der Waals surface area contributed by atoms with Crippen LogP contribution in [0.5, 0.6) is 0 Å². The van der Waals surface area contributed by atoms with Crippen molar-refractivity contribution in [2.75, 3.05) is 6.54 Å². The number of likely N-dealkylation sites (tertiary alicyclic amines) is 1. The number of rotatable bonds is 2. The minimum Gasteiger partial charge on any atom is -0.293 e. The van der Waals surface area contributed by atoms with Gasteiger partial charge in [0, 0.05) is 18.6 Å². The van der Waals surface area contributed by atoms with E-state index in [0.29, 0.717) is 18.0 Å². The number of hydrogen-bond donors (Lipinski definition) is 0. The summed E-state index contributed by atoms with van der Waals surface area (Å²) < 4.78 is 13.5. The molecule has 2 atom stereocenters. The largest absolute Gasteiger partial charge is 0.293 e. The van der Waals surface area contributed by atoms with Gasteiger partial charge in [-0.05, 0) is 74.4 Å². The lowest BCUT2D eigenvalue weighted by Gasteiger charge is -2.32. The van der Waals surface area contributed by atoms with Crippen LogP contribution in [0.1, 0.15) is 37.0 Å². The van der Waals surface area contributed by atoms with Crippen LogP contribution in [0.3, 0.4) is 0 Å². The van der Waals surface area contributed by atoms with Crippen molar-refractivity contribution in [1.29, 1.82) is 0 Å². The zero-order chi connectivity index (χ0) is 13.7. The van der Waals surface area contributed by atoms with Gasteiger partial charge in [-0.1, -0.05) is 6.08 Å². The molecule has 1 aromatic carbocycles. The smallest absolute Gasteiger partial charge is 0.123 e. The van der Waals surface area contributed by atoms with E-state index in [9.17, 15) is 4.39 Å². The average molecular weight is 259 g/mol. The molecule has 1 nitrogen and oxygen atoms in total. The van der Waals surface area contributed by atoms with Crippen LogP contribution >= 0.6 is 0 Å². The fraction of sp³-hybridized carbons (Fsp3) is 0.529. The number of benzene rings is 1. The van der Waals surface area contributed by atoms with Crippen molar-refractivity contribution in [3.63, 3.8) is 0 Å². The van der Waals surface area contributed by atoms with Crippen molar-refractivity contribution in [3.8, 4) is 0 Å². The van der Waals surface area contributed by atoms with Crippen LogP contribution in [0.4, 0.5) is 4.39 Å². The molecule has 0 radical (unpaired) electrons. The molecular formula is C17H22FN. The summed E-state index contributed by atoms with van der Waals surface area (Å²) in [7, 11) is 0. The Labute approximate surface area is 115 Å². The van der Waals surface area contributed by atoms with E-state index in [-0.39, 0.29) is 5.82 Å². The summed E-state index contributed by atoms with van der Waals surface area (Å²) in [6, 6.07) is 4.44. The predicted octanol–water partition coefficient (Wildman–Crippen LogP) is 3.94. The van der Waals surface area contributed by atoms with E-state index in [4.69, 9.17) is 0 Å². The van der Waals surface area contributed by atoms with Crippen molar-refractivity contribution in [1.82, 2.24) is 4.90 Å². The molecular weight excluding hydrogens is 237 g/mol. The summed E-state index contributed by atoms with van der Waals surface area (Å²) in [4.78, 5) is 2.59. The number of hydrogen-bond acceptors (Lipinski definition) is 1. The van der Waals surface area contributed by atoms with E-state index in [1.165, 1.54) is 24.1 Å². The lowest BCUT2D eigenvalue weighted by Crippen LogP contribution is -2.38. The van der Waals surface area contributed by atoms with E-state index in [1.54, 1.807) is 12.1 Å². The summed E-state index contributed by atoms with van der Waals surface area (Å²) in [6.07, 6.45) is 3.67. The van der Waals surface area contributed by atoms with Gasteiger partial charge in [0.15, 0.2) is 0 Å². The van der Waals surface area contributed by atoms with Gasteiger partial charge in [0.25, 0.3) is 0 Å². The molecule has 1 aromatic rings. The Morgan fingerprint density at radius 1 is 1.21 bits per heavy atom. The van der Waals surface area contributed by atoms with Gasteiger partial charge in [0.2, 0.25) is 0 Å². The first-order valence-electron chi connectivity index (χ1n) is 7.22. The van der Waals surface area contributed by atoms with Crippen molar-refractivity contribution in [3.05, 3.63) is 40.7 Å². The average Bonchev–Trinajstić information content (AvgIpc) is 2.86. The highest BCUT2D eigenvalue weighted by atomic mass is 19.1. The third-order valence-corrected chi connectivity index (χ3v) is 4.60. The van der Waals surface area contributed by atoms with Crippen molar-refractivity contribution in [2.45, 2.75) is 46.2 Å². The van der Waals surface area contributed by atoms with E-state index < -0.39 is 0 Å². The molecule has 0 amide bonds. The van der Waals surface area contributed by atoms with Gasteiger partial charge in [-0.15, -0.1) is 0 Å². The number of aryl methyl sites for hydroxylation is 2. The zero-order valence-electron chi connectivity index (χ0n) is 12.2. The van der Waals surface area contributed by atoms with Crippen LogP contribution in [-0.2, 0) is 0 Å². The molecule has 3 rings (SSSR count). The van der Waals surface area contributed by atoms with Crippen molar-refractivity contribution in [2.24, 2.45) is 5.92 Å². The second-order valence-corrected chi connectivity index (χ2v) is 6.34. The molecule has 1 aliphatic carbocycles. The van der Waals surface area contributed by atoms with E-state index in [0.717, 1.165) is 11.1 Å². The first-order valence-corrected chi connectivity index (χ1v) is 7.22. The molecule has 0 saturated carbocycles. The molecule has 1 fully saturated rings. The summed E-state index contributed by atoms with van der Waals surface area (Å²) in [6.45, 7) is 9.77. The Bertz CT molecular complexity index is 521. The SMILES string of the molecule is Cc1cc(F)cc(C)c1C1=CC2CC1N(C(C)C)C2. The molecule has 2 heteroatoms. The van der Waals surface area contributed by atoms with Gasteiger partial charge in [-0.2, -0.15) is 0 Å². The first-order chi connectivity index (χ1) is 8.97. The van der Waals surface area contributed by atoms with Crippen LogP contribution in [0, 0.1) is 25.6 Å². The van der Waals surface area contributed by atoms with Crippen LogP contribution in [0.25, 0.3) is 5.57 Å². The van der Waals surface area contributed by atoms with Gasteiger partial charge < -0.3 is 0 Å². The predicted molar refractivity (Wildman–Crippen MR) is 77.6 cm³/mol. The molecule has 2 bridgehead atoms. The monoisotopic (exact) mass is 259 g/mol. The minimum absolute atomic E-state index is 0.122. The van der Waals surface area contributed by atoms with Crippen LogP contribution in [0.2, 0.25) is 0 Å². The summed E-state index contributed by atoms with van der Waals surface area (Å²) in [5.41, 5.74) is 4.85. The molecule has 1 heterocycles. The van der Waals surface area contributed by atoms with Crippen LogP contribution in [0.15, 0.2) is 18.2 Å². The Balaban J connectivity index is 2.03. The van der Waals surface area contributed by atoms with Gasteiger partial charge in [0.05, 0.1) is 0 Å². The highest BCUT2D eigenvalue weighted by Gasteiger charge is 2.41. The van der Waals surface area contributed by atoms with Crippen molar-refractivity contribution >= 4 is 5.57 Å². The second kappa shape index (κ2) is 4.45. The topological polar surface area (TPSA) is 3.24 Å². The highest BCUT2D eigenvalue weighted by molar-refractivity contribution is 5.77. The van der Waals surface area contributed by atoms with Gasteiger partial charge in [-0.3, -0.25) is 4.90 Å². The maximum atomic E-state index is 13.5. The number of halogens is 1. The van der Waals surface area contributed by atoms with E-state index in [2.05, 4.69) is 24.8 Å². The van der Waals surface area contributed by atoms with Gasteiger partial charge in [0.1, 0.15) is 5.82 Å². The molecule has 0 aromatic heterocycles. The number of fused-ring (bicyclic) bond motifs is 2. The first kappa shape index (κ1) is 12.9. The second-order valence-electron chi connectivity index (χ2n) is 6.34. The molecule has 19 heavy (non-hydrogen) atoms. The summed E-state index contributed by atoms with van der Waals surface area (Å²) in [5, 5.41) is 0. The molecule has 2 aliphatic rings. The fourth-order valence-electron chi connectivity index (χ4n) is 3.87. The summed E-state index contributed by atoms with van der Waals surface area (Å²) in [5.74, 6) is 0.564. The van der Waals surface area contributed by atoms with E-state index in [1.807, 2.05) is 13.8 Å². The van der Waals surface area contributed by atoms with E-state index >= 15 is 0 Å². The summed E-state index contributed by atoms with van der Waals surface area (Å²) >= 11 is 0. The van der Waals surface area contributed by atoms with Crippen molar-refractivity contribution < 1.29 is 4.39 Å². The third-order valence-electron chi connectivity index (χ3n) is 4.60. The highest BCUT2D eigenvalue weighted by Crippen LogP contribution is 2.44. The molecule has 1 saturated heterocycles. The lowest BCUT2D eigenvalue weighted by atomic mass is 9.91. The molecule has 2 unspecified atom stereocenters. The van der Waals surface area contributed by atoms with Crippen LogP contribution in [-0.4, -0.2) is 23.5 Å². The molecule has 0 spiro atoms. The Kier molecular flexibility index (Phi) is 3.01. The third kappa shape index (κ3) is 2.02. The molecule has 1 aliphatic heterocycles. The normalized spacial score (nSPS) is 26.3. The fourth-order valence-corrected chi connectivity index (χ4v) is 3.87. The lowest BCUT2D eigenvalue weighted by molar-refractivity contribution is 0.231. The van der Waals surface area contributed by atoms with Gasteiger partial charge >= 0.3 is 0 Å². The van der Waals surface area contributed by atoms with Crippen LogP contribution < -0.4 is 0 Å². The minimum atomic E-state index is -0.122. The van der Waals surface area contributed by atoms with Gasteiger partial charge in [-0.25, -0.2) is 4.39 Å². The Hall–Kier alpha value is -1.15. The Morgan fingerprint density at radius 2 is 1.84 bits per heavy atom. The number of nitrogens with zero attached hydrogens (tertiary/aromatic N) is 1. The maximum absolute atomic E-state index is 13.5. The molecule has 0 N–H and O–H groups in total. The Morgan fingerprint density at radius 3 is 2.37 bits per heavy atom. The molecule has 102 valence electrons. The zero-order valence-corrected chi connectivity index (χ0v) is 12.2. The standard InChI is InChI=1S/C17H22FN/c1-10(2)19-9-13-7-15(16(19)8-13)17-11(3)5-14(18)6-12(17)4/h5-7,10,13,16H,8-9H2,1-4H3. The quantitative estimate of drug-likeness (QED) is 0.777.